The molecule has 0 fully saturated rings. The van der Waals surface area contributed by atoms with Crippen molar-refractivity contribution in [3.8, 4) is 0 Å². The fraction of sp³-hybridized carbons (Fsp3) is 0.250. The molecule has 2 rings (SSSR count). The highest BCUT2D eigenvalue weighted by molar-refractivity contribution is 9.10. The zero-order valence-corrected chi connectivity index (χ0v) is 11.0. The Morgan fingerprint density at radius 2 is 2.24 bits per heavy atom. The zero-order valence-electron chi connectivity index (χ0n) is 9.44. The molecule has 4 nitrogen and oxygen atoms in total. The van der Waals surface area contributed by atoms with E-state index in [2.05, 4.69) is 21.0 Å². The van der Waals surface area contributed by atoms with E-state index in [-0.39, 0.29) is 5.56 Å². The van der Waals surface area contributed by atoms with Crippen molar-refractivity contribution in [3.05, 3.63) is 56.4 Å². The van der Waals surface area contributed by atoms with Crippen LogP contribution in [0.2, 0.25) is 0 Å². The number of benzene rings is 1. The minimum Gasteiger partial charge on any atom is -0.378 e. The number of aromatic amines is 1. The van der Waals surface area contributed by atoms with Crippen LogP contribution in [0.4, 0.5) is 0 Å². The van der Waals surface area contributed by atoms with Crippen LogP contribution in [0.3, 0.4) is 0 Å². The summed E-state index contributed by atoms with van der Waals surface area (Å²) in [4.78, 5) is 11.7. The number of rotatable bonds is 4. The van der Waals surface area contributed by atoms with Crippen LogP contribution in [-0.2, 0) is 17.9 Å². The summed E-state index contributed by atoms with van der Waals surface area (Å²) < 4.78 is 7.55. The van der Waals surface area contributed by atoms with Crippen molar-refractivity contribution in [3.63, 3.8) is 0 Å². The van der Waals surface area contributed by atoms with Gasteiger partial charge in [0.1, 0.15) is 0 Å². The summed E-state index contributed by atoms with van der Waals surface area (Å²) in [5, 5.41) is 3.01. The van der Waals surface area contributed by atoms with Crippen molar-refractivity contribution in [2.75, 3.05) is 7.11 Å². The second kappa shape index (κ2) is 5.33. The lowest BCUT2D eigenvalue weighted by molar-refractivity contribution is 0.181. The molecule has 0 atom stereocenters. The predicted molar refractivity (Wildman–Crippen MR) is 69.0 cm³/mol. The van der Waals surface area contributed by atoms with E-state index in [1.54, 1.807) is 17.9 Å². The Bertz CT molecular complexity index is 560. The van der Waals surface area contributed by atoms with Gasteiger partial charge in [0, 0.05) is 17.6 Å². The molecule has 0 bridgehead atoms. The van der Waals surface area contributed by atoms with Crippen molar-refractivity contribution < 1.29 is 4.74 Å². The van der Waals surface area contributed by atoms with Crippen LogP contribution in [-0.4, -0.2) is 16.9 Å². The topological polar surface area (TPSA) is 47.0 Å². The van der Waals surface area contributed by atoms with E-state index >= 15 is 0 Å². The van der Waals surface area contributed by atoms with Crippen LogP contribution >= 0.6 is 15.9 Å². The molecule has 1 aromatic carbocycles. The maximum atomic E-state index is 11.7. The van der Waals surface area contributed by atoms with Crippen LogP contribution in [0.1, 0.15) is 11.3 Å². The maximum Gasteiger partial charge on any atom is 0.267 e. The van der Waals surface area contributed by atoms with Crippen molar-refractivity contribution in [2.45, 2.75) is 13.2 Å². The van der Waals surface area contributed by atoms with Gasteiger partial charge in [0.05, 0.1) is 18.8 Å². The Morgan fingerprint density at radius 3 is 2.94 bits per heavy atom. The van der Waals surface area contributed by atoms with Crippen LogP contribution in [0.5, 0.6) is 0 Å². The standard InChI is InChI=1S/C12H13BrN2O2/c1-17-8-11-6-12(16)15(14-11)7-9-3-2-4-10(13)5-9/h2-6,14H,7-8H2,1H3. The molecule has 1 N–H and O–H groups in total. The molecule has 2 aromatic rings. The monoisotopic (exact) mass is 296 g/mol. The lowest BCUT2D eigenvalue weighted by Crippen LogP contribution is -2.16. The van der Waals surface area contributed by atoms with E-state index in [4.69, 9.17) is 4.74 Å². The Morgan fingerprint density at radius 1 is 1.41 bits per heavy atom. The molecule has 0 unspecified atom stereocenters. The number of H-pyrrole nitrogens is 1. The SMILES string of the molecule is COCc1cc(=O)n(Cc2cccc(Br)c2)[nH]1. The van der Waals surface area contributed by atoms with Crippen molar-refractivity contribution in [1.82, 2.24) is 9.78 Å². The van der Waals surface area contributed by atoms with Gasteiger partial charge in [-0.15, -0.1) is 0 Å². The summed E-state index contributed by atoms with van der Waals surface area (Å²) >= 11 is 3.41. The van der Waals surface area contributed by atoms with Gasteiger partial charge in [0.15, 0.2) is 0 Å². The minimum atomic E-state index is -0.0444. The highest BCUT2D eigenvalue weighted by Gasteiger charge is 2.03. The van der Waals surface area contributed by atoms with E-state index in [0.717, 1.165) is 15.7 Å². The van der Waals surface area contributed by atoms with Gasteiger partial charge in [-0.2, -0.15) is 0 Å². The fourth-order valence-electron chi connectivity index (χ4n) is 1.65. The van der Waals surface area contributed by atoms with Gasteiger partial charge >= 0.3 is 0 Å². The Balaban J connectivity index is 2.21. The molecule has 1 heterocycles. The van der Waals surface area contributed by atoms with Crippen LogP contribution < -0.4 is 5.56 Å². The largest absolute Gasteiger partial charge is 0.378 e. The van der Waals surface area contributed by atoms with Crippen LogP contribution in [0, 0.1) is 0 Å². The van der Waals surface area contributed by atoms with Crippen LogP contribution in [0.15, 0.2) is 39.6 Å². The van der Waals surface area contributed by atoms with E-state index in [1.165, 1.54) is 0 Å². The molecule has 0 amide bonds. The minimum absolute atomic E-state index is 0.0444. The maximum absolute atomic E-state index is 11.7. The van der Waals surface area contributed by atoms with Gasteiger partial charge in [0.2, 0.25) is 0 Å². The van der Waals surface area contributed by atoms with E-state index in [0.29, 0.717) is 13.2 Å². The zero-order chi connectivity index (χ0) is 12.3. The second-order valence-electron chi connectivity index (χ2n) is 3.77. The van der Waals surface area contributed by atoms with Gasteiger partial charge in [-0.1, -0.05) is 28.1 Å². The van der Waals surface area contributed by atoms with Crippen molar-refractivity contribution >= 4 is 15.9 Å². The normalized spacial score (nSPS) is 10.7. The smallest absolute Gasteiger partial charge is 0.267 e. The molecule has 17 heavy (non-hydrogen) atoms. The highest BCUT2D eigenvalue weighted by atomic mass is 79.9. The fourth-order valence-corrected chi connectivity index (χ4v) is 2.10. The third-order valence-electron chi connectivity index (χ3n) is 2.37. The number of hydrogen-bond acceptors (Lipinski definition) is 2. The first kappa shape index (κ1) is 12.1. The Hall–Kier alpha value is -1.33. The molecular weight excluding hydrogens is 284 g/mol. The van der Waals surface area contributed by atoms with Gasteiger partial charge in [-0.25, -0.2) is 4.68 Å². The summed E-state index contributed by atoms with van der Waals surface area (Å²) in [6.07, 6.45) is 0. The first-order valence-corrected chi connectivity index (χ1v) is 6.00. The first-order chi connectivity index (χ1) is 8.19. The average Bonchev–Trinajstić information content (AvgIpc) is 2.60. The van der Waals surface area contributed by atoms with Gasteiger partial charge in [0.25, 0.3) is 5.56 Å². The average molecular weight is 297 g/mol. The van der Waals surface area contributed by atoms with Crippen molar-refractivity contribution in [2.24, 2.45) is 0 Å². The summed E-state index contributed by atoms with van der Waals surface area (Å²) in [6, 6.07) is 9.43. The summed E-state index contributed by atoms with van der Waals surface area (Å²) in [6.45, 7) is 0.947. The lowest BCUT2D eigenvalue weighted by atomic mass is 10.2. The second-order valence-corrected chi connectivity index (χ2v) is 4.68. The van der Waals surface area contributed by atoms with Gasteiger partial charge in [-0.3, -0.25) is 9.89 Å². The number of methoxy groups -OCH3 is 1. The van der Waals surface area contributed by atoms with Gasteiger partial charge in [-0.05, 0) is 17.7 Å². The van der Waals surface area contributed by atoms with E-state index < -0.39 is 0 Å². The molecule has 0 aliphatic rings. The van der Waals surface area contributed by atoms with E-state index in [9.17, 15) is 4.79 Å². The summed E-state index contributed by atoms with van der Waals surface area (Å²) in [7, 11) is 1.60. The first-order valence-electron chi connectivity index (χ1n) is 5.21. The number of halogens is 1. The molecule has 90 valence electrons. The molecule has 1 aromatic heterocycles. The lowest BCUT2D eigenvalue weighted by Gasteiger charge is -2.03. The van der Waals surface area contributed by atoms with Gasteiger partial charge < -0.3 is 4.74 Å². The van der Waals surface area contributed by atoms with Crippen LogP contribution in [0.25, 0.3) is 0 Å². The number of nitrogens with zero attached hydrogens (tertiary/aromatic N) is 1. The number of ether oxygens (including phenoxy) is 1. The summed E-state index contributed by atoms with van der Waals surface area (Å²) in [5.41, 5.74) is 1.80. The molecule has 5 heteroatoms. The summed E-state index contributed by atoms with van der Waals surface area (Å²) in [5.74, 6) is 0. The third-order valence-corrected chi connectivity index (χ3v) is 2.87. The highest BCUT2D eigenvalue weighted by Crippen LogP contribution is 2.12. The molecule has 0 spiro atoms. The predicted octanol–water partition coefficient (Wildman–Crippen LogP) is 2.13. The molecule has 0 saturated carbocycles. The molecule has 0 radical (unpaired) electrons. The molecule has 0 saturated heterocycles. The number of aromatic nitrogens is 2. The molecular formula is C12H13BrN2O2. The van der Waals surface area contributed by atoms with E-state index in [1.807, 2.05) is 24.3 Å². The Labute approximate surface area is 107 Å². The van der Waals surface area contributed by atoms with Crippen molar-refractivity contribution in [1.29, 1.82) is 0 Å². The molecule has 0 aliphatic heterocycles. The number of nitrogens with one attached hydrogen (secondary N) is 1. The number of hydrogen-bond donors (Lipinski definition) is 1. The quantitative estimate of drug-likeness (QED) is 0.940. The molecule has 0 aliphatic carbocycles. The Kier molecular flexibility index (Phi) is 3.81. The third kappa shape index (κ3) is 3.08.